The zero-order valence-electron chi connectivity index (χ0n) is 10.7. The summed E-state index contributed by atoms with van der Waals surface area (Å²) in [5.74, 6) is 1.19. The lowest BCUT2D eigenvalue weighted by Crippen LogP contribution is -2.28. The molecule has 20 heavy (non-hydrogen) atoms. The number of nitrogens with two attached hydrogens (primary N) is 1. The van der Waals surface area contributed by atoms with Crippen LogP contribution >= 0.6 is 22.9 Å². The molecule has 0 amide bonds. The lowest BCUT2D eigenvalue weighted by atomic mass is 10.3. The number of aliphatic hydroxyl groups excluding tert-OH is 1. The van der Waals surface area contributed by atoms with Gasteiger partial charge in [-0.2, -0.15) is 4.98 Å². The standard InChI is InChI=1S/C13H15ClN4OS/c14-11-5-12(17-13(15)16-11)18(10-4-8(10)7-19)6-9-2-1-3-20-9/h1-3,5,8,10,19H,4,6-7H2,(H2,15,16,17). The quantitative estimate of drug-likeness (QED) is 0.828. The van der Waals surface area contributed by atoms with Crippen LogP contribution in [0.2, 0.25) is 5.15 Å². The molecule has 1 fully saturated rings. The zero-order chi connectivity index (χ0) is 14.1. The van der Waals surface area contributed by atoms with Crippen LogP contribution in [0.5, 0.6) is 0 Å². The molecule has 2 aromatic heterocycles. The molecule has 5 nitrogen and oxygen atoms in total. The van der Waals surface area contributed by atoms with Gasteiger partial charge in [-0.05, 0) is 17.9 Å². The van der Waals surface area contributed by atoms with Crippen molar-refractivity contribution in [3.63, 3.8) is 0 Å². The number of nitrogens with zero attached hydrogens (tertiary/aromatic N) is 3. The van der Waals surface area contributed by atoms with Crippen molar-refractivity contribution in [2.24, 2.45) is 5.92 Å². The van der Waals surface area contributed by atoms with Crippen molar-refractivity contribution in [1.29, 1.82) is 0 Å². The molecule has 106 valence electrons. The van der Waals surface area contributed by atoms with E-state index in [1.165, 1.54) is 4.88 Å². The molecular formula is C13H15ClN4OS. The molecule has 3 rings (SSSR count). The molecule has 0 spiro atoms. The Labute approximate surface area is 126 Å². The van der Waals surface area contributed by atoms with E-state index in [0.717, 1.165) is 18.8 Å². The fraction of sp³-hybridized carbons (Fsp3) is 0.385. The predicted octanol–water partition coefficient (Wildman–Crippen LogP) is 2.16. The van der Waals surface area contributed by atoms with Gasteiger partial charge in [-0.15, -0.1) is 11.3 Å². The van der Waals surface area contributed by atoms with Gasteiger partial charge in [0, 0.05) is 29.5 Å². The third kappa shape index (κ3) is 2.87. The second-order valence-corrected chi connectivity index (χ2v) is 6.28. The van der Waals surface area contributed by atoms with E-state index in [1.54, 1.807) is 17.4 Å². The van der Waals surface area contributed by atoms with Crippen molar-refractivity contribution in [2.75, 3.05) is 17.2 Å². The molecule has 2 atom stereocenters. The predicted molar refractivity (Wildman–Crippen MR) is 80.9 cm³/mol. The summed E-state index contributed by atoms with van der Waals surface area (Å²) < 4.78 is 0. The highest BCUT2D eigenvalue weighted by atomic mass is 35.5. The van der Waals surface area contributed by atoms with Gasteiger partial charge in [-0.25, -0.2) is 4.98 Å². The first-order valence-electron chi connectivity index (χ1n) is 6.37. The minimum Gasteiger partial charge on any atom is -0.396 e. The van der Waals surface area contributed by atoms with Crippen LogP contribution in [0, 0.1) is 5.92 Å². The van der Waals surface area contributed by atoms with Crippen LogP contribution < -0.4 is 10.6 Å². The van der Waals surface area contributed by atoms with Gasteiger partial charge in [0.15, 0.2) is 0 Å². The SMILES string of the molecule is Nc1nc(Cl)cc(N(Cc2cccs2)C2CC2CO)n1. The molecule has 0 bridgehead atoms. The summed E-state index contributed by atoms with van der Waals surface area (Å²) in [6, 6.07) is 6.11. The number of hydrogen-bond donors (Lipinski definition) is 2. The van der Waals surface area contributed by atoms with E-state index in [-0.39, 0.29) is 18.6 Å². The maximum Gasteiger partial charge on any atom is 0.223 e. The van der Waals surface area contributed by atoms with E-state index in [9.17, 15) is 5.11 Å². The van der Waals surface area contributed by atoms with Crippen LogP contribution in [0.3, 0.4) is 0 Å². The van der Waals surface area contributed by atoms with Gasteiger partial charge in [0.05, 0.1) is 6.54 Å². The summed E-state index contributed by atoms with van der Waals surface area (Å²) >= 11 is 7.66. The van der Waals surface area contributed by atoms with Crippen LogP contribution in [0.4, 0.5) is 11.8 Å². The van der Waals surface area contributed by atoms with Crippen LogP contribution in [-0.2, 0) is 6.54 Å². The Balaban J connectivity index is 1.88. The maximum atomic E-state index is 9.30. The van der Waals surface area contributed by atoms with Crippen molar-refractivity contribution < 1.29 is 5.11 Å². The summed E-state index contributed by atoms with van der Waals surface area (Å²) in [6.07, 6.45) is 0.962. The third-order valence-electron chi connectivity index (χ3n) is 3.42. The Bertz CT molecular complexity index is 572. The summed E-state index contributed by atoms with van der Waals surface area (Å²) in [7, 11) is 0. The number of halogens is 1. The van der Waals surface area contributed by atoms with E-state index in [2.05, 4.69) is 20.9 Å². The number of thiophene rings is 1. The molecule has 0 aliphatic heterocycles. The molecule has 2 unspecified atom stereocenters. The summed E-state index contributed by atoms with van der Waals surface area (Å²) in [5.41, 5.74) is 5.68. The molecule has 2 aromatic rings. The van der Waals surface area contributed by atoms with Crippen LogP contribution in [0.1, 0.15) is 11.3 Å². The van der Waals surface area contributed by atoms with Crippen molar-refractivity contribution in [1.82, 2.24) is 9.97 Å². The summed E-state index contributed by atoms with van der Waals surface area (Å²) in [4.78, 5) is 11.6. The second kappa shape index (κ2) is 5.55. The second-order valence-electron chi connectivity index (χ2n) is 4.86. The Morgan fingerprint density at radius 2 is 2.35 bits per heavy atom. The molecule has 2 heterocycles. The van der Waals surface area contributed by atoms with E-state index in [4.69, 9.17) is 17.3 Å². The Morgan fingerprint density at radius 1 is 1.50 bits per heavy atom. The normalized spacial score (nSPS) is 20.9. The first-order valence-corrected chi connectivity index (χ1v) is 7.63. The highest BCUT2D eigenvalue weighted by Crippen LogP contribution is 2.39. The number of anilines is 2. The maximum absolute atomic E-state index is 9.30. The van der Waals surface area contributed by atoms with E-state index in [1.807, 2.05) is 11.4 Å². The molecule has 1 aliphatic carbocycles. The van der Waals surface area contributed by atoms with E-state index >= 15 is 0 Å². The minimum atomic E-state index is 0.171. The number of aromatic nitrogens is 2. The highest BCUT2D eigenvalue weighted by Gasteiger charge is 2.42. The monoisotopic (exact) mass is 310 g/mol. The largest absolute Gasteiger partial charge is 0.396 e. The molecule has 0 aromatic carbocycles. The number of aliphatic hydroxyl groups is 1. The molecule has 7 heteroatoms. The van der Waals surface area contributed by atoms with Crippen LogP contribution in [-0.4, -0.2) is 27.7 Å². The lowest BCUT2D eigenvalue weighted by Gasteiger charge is -2.23. The van der Waals surface area contributed by atoms with Crippen molar-refractivity contribution in [3.8, 4) is 0 Å². The smallest absolute Gasteiger partial charge is 0.223 e. The van der Waals surface area contributed by atoms with Gasteiger partial charge in [0.1, 0.15) is 11.0 Å². The minimum absolute atomic E-state index is 0.171. The molecule has 1 saturated carbocycles. The number of nitrogen functional groups attached to an aromatic ring is 1. The zero-order valence-corrected chi connectivity index (χ0v) is 12.3. The summed E-state index contributed by atoms with van der Waals surface area (Å²) in [6.45, 7) is 0.936. The van der Waals surface area contributed by atoms with Crippen molar-refractivity contribution in [2.45, 2.75) is 19.0 Å². The van der Waals surface area contributed by atoms with Gasteiger partial charge in [-0.3, -0.25) is 0 Å². The lowest BCUT2D eigenvalue weighted by molar-refractivity contribution is 0.273. The molecule has 1 aliphatic rings. The Kier molecular flexibility index (Phi) is 3.78. The molecule has 3 N–H and O–H groups in total. The first kappa shape index (κ1) is 13.6. The third-order valence-corrected chi connectivity index (χ3v) is 4.47. The molecule has 0 saturated heterocycles. The van der Waals surface area contributed by atoms with Crippen molar-refractivity contribution in [3.05, 3.63) is 33.6 Å². The Hall–Kier alpha value is -1.37. The van der Waals surface area contributed by atoms with Crippen LogP contribution in [0.25, 0.3) is 0 Å². The van der Waals surface area contributed by atoms with Gasteiger partial charge in [0.25, 0.3) is 0 Å². The van der Waals surface area contributed by atoms with E-state index < -0.39 is 0 Å². The highest BCUT2D eigenvalue weighted by molar-refractivity contribution is 7.09. The van der Waals surface area contributed by atoms with Gasteiger partial charge >= 0.3 is 0 Å². The molecule has 0 radical (unpaired) electrons. The van der Waals surface area contributed by atoms with E-state index in [0.29, 0.717) is 11.1 Å². The average molecular weight is 311 g/mol. The first-order chi connectivity index (χ1) is 9.67. The number of rotatable bonds is 5. The summed E-state index contributed by atoms with van der Waals surface area (Å²) in [5, 5.41) is 11.7. The average Bonchev–Trinajstić information content (AvgIpc) is 3.00. The Morgan fingerprint density at radius 3 is 2.95 bits per heavy atom. The van der Waals surface area contributed by atoms with Crippen LogP contribution in [0.15, 0.2) is 23.6 Å². The van der Waals surface area contributed by atoms with Gasteiger partial charge in [-0.1, -0.05) is 17.7 Å². The van der Waals surface area contributed by atoms with Crippen molar-refractivity contribution >= 4 is 34.7 Å². The molecular weight excluding hydrogens is 296 g/mol. The van der Waals surface area contributed by atoms with Gasteiger partial charge in [0.2, 0.25) is 5.95 Å². The number of hydrogen-bond acceptors (Lipinski definition) is 6. The fourth-order valence-electron chi connectivity index (χ4n) is 2.32. The fourth-order valence-corrected chi connectivity index (χ4v) is 3.21. The topological polar surface area (TPSA) is 75.3 Å². The van der Waals surface area contributed by atoms with Gasteiger partial charge < -0.3 is 15.7 Å².